The number of nitrogens with zero attached hydrogens (tertiary/aromatic N) is 1. The van der Waals surface area contributed by atoms with E-state index in [9.17, 15) is 15.3 Å². The third-order valence-corrected chi connectivity index (χ3v) is 2.89. The molecule has 98 valence electrons. The number of aliphatic hydroxyl groups excluding tert-OH is 3. The van der Waals surface area contributed by atoms with Gasteiger partial charge in [-0.05, 0) is 5.56 Å². The van der Waals surface area contributed by atoms with Gasteiger partial charge in [0.25, 0.3) is 0 Å². The second kappa shape index (κ2) is 7.09. The fraction of sp³-hybridized carbons (Fsp3) is 0.462. The van der Waals surface area contributed by atoms with Gasteiger partial charge in [0.1, 0.15) is 0 Å². The Kier molecular flexibility index (Phi) is 5.75. The van der Waals surface area contributed by atoms with Crippen LogP contribution in [0.5, 0.6) is 0 Å². The summed E-state index contributed by atoms with van der Waals surface area (Å²) >= 11 is 0. The van der Waals surface area contributed by atoms with Crippen LogP contribution in [0.1, 0.15) is 18.0 Å². The van der Waals surface area contributed by atoms with Gasteiger partial charge in [0.15, 0.2) is 0 Å². The molecule has 1 aromatic carbocycles. The summed E-state index contributed by atoms with van der Waals surface area (Å²) in [6.45, 7) is -1.22. The molecule has 5 heteroatoms. The van der Waals surface area contributed by atoms with Gasteiger partial charge in [-0.25, -0.2) is 0 Å². The topological polar surface area (TPSA) is 96.5 Å². The molecule has 0 fully saturated rings. The fourth-order valence-corrected chi connectivity index (χ4v) is 1.69. The number of rotatable bonds is 7. The monoisotopic (exact) mass is 250 g/mol. The van der Waals surface area contributed by atoms with E-state index >= 15 is 0 Å². The molecule has 0 aliphatic rings. The Morgan fingerprint density at radius 2 is 1.67 bits per heavy atom. The first-order valence-corrected chi connectivity index (χ1v) is 5.73. The van der Waals surface area contributed by atoms with Crippen molar-refractivity contribution in [3.8, 4) is 6.07 Å². The maximum absolute atomic E-state index is 9.28. The molecule has 5 nitrogen and oxygen atoms in total. The Balaban J connectivity index is 2.90. The second-order valence-corrected chi connectivity index (χ2v) is 4.22. The molecule has 1 unspecified atom stereocenters. The van der Waals surface area contributed by atoms with Crippen LogP contribution < -0.4 is 5.32 Å². The maximum atomic E-state index is 9.28. The predicted octanol–water partition coefficient (Wildman–Crippen LogP) is -0.0533. The maximum Gasteiger partial charge on any atom is 0.0886 e. The summed E-state index contributed by atoms with van der Waals surface area (Å²) < 4.78 is 0. The average Bonchev–Trinajstić information content (AvgIpc) is 2.45. The van der Waals surface area contributed by atoms with Crippen LogP contribution in [-0.4, -0.2) is 40.7 Å². The Morgan fingerprint density at radius 3 is 2.11 bits per heavy atom. The van der Waals surface area contributed by atoms with Gasteiger partial charge in [-0.3, -0.25) is 5.32 Å². The summed E-state index contributed by atoms with van der Waals surface area (Å²) in [5.41, 5.74) is -0.309. The Hall–Kier alpha value is -1.45. The zero-order chi connectivity index (χ0) is 13.4. The lowest BCUT2D eigenvalue weighted by molar-refractivity contribution is 0.0343. The molecule has 0 spiro atoms. The van der Waals surface area contributed by atoms with Crippen LogP contribution in [0, 0.1) is 11.3 Å². The zero-order valence-electron chi connectivity index (χ0n) is 10.1. The van der Waals surface area contributed by atoms with Gasteiger partial charge in [0.05, 0.1) is 37.8 Å². The van der Waals surface area contributed by atoms with Crippen molar-refractivity contribution < 1.29 is 15.3 Å². The van der Waals surface area contributed by atoms with Crippen molar-refractivity contribution in [3.05, 3.63) is 35.9 Å². The van der Waals surface area contributed by atoms with E-state index in [0.29, 0.717) is 0 Å². The molecule has 0 bridgehead atoms. The van der Waals surface area contributed by atoms with Crippen molar-refractivity contribution in [2.45, 2.75) is 18.0 Å². The van der Waals surface area contributed by atoms with E-state index in [-0.39, 0.29) is 12.5 Å². The van der Waals surface area contributed by atoms with Crippen molar-refractivity contribution in [1.29, 1.82) is 5.26 Å². The van der Waals surface area contributed by atoms with Crippen LogP contribution in [-0.2, 0) is 0 Å². The van der Waals surface area contributed by atoms with Gasteiger partial charge in [-0.15, -0.1) is 0 Å². The summed E-state index contributed by atoms with van der Waals surface area (Å²) in [7, 11) is 0. The largest absolute Gasteiger partial charge is 0.394 e. The van der Waals surface area contributed by atoms with Gasteiger partial charge in [-0.2, -0.15) is 5.26 Å². The lowest BCUT2D eigenvalue weighted by Crippen LogP contribution is -2.55. The van der Waals surface area contributed by atoms with E-state index in [1.54, 1.807) is 0 Å². The lowest BCUT2D eigenvalue weighted by atomic mass is 9.97. The summed E-state index contributed by atoms with van der Waals surface area (Å²) in [6.07, 6.45) is 0.186. The highest BCUT2D eigenvalue weighted by molar-refractivity contribution is 5.20. The van der Waals surface area contributed by atoms with Crippen LogP contribution in [0.2, 0.25) is 0 Å². The van der Waals surface area contributed by atoms with Gasteiger partial charge in [0.2, 0.25) is 0 Å². The number of nitriles is 1. The molecular weight excluding hydrogens is 232 g/mol. The first-order valence-electron chi connectivity index (χ1n) is 5.73. The van der Waals surface area contributed by atoms with Crippen molar-refractivity contribution in [1.82, 2.24) is 5.32 Å². The first-order chi connectivity index (χ1) is 8.71. The van der Waals surface area contributed by atoms with Crippen LogP contribution in [0.15, 0.2) is 30.3 Å². The van der Waals surface area contributed by atoms with Gasteiger partial charge in [-0.1, -0.05) is 30.3 Å². The van der Waals surface area contributed by atoms with Crippen LogP contribution >= 0.6 is 0 Å². The molecule has 0 heterocycles. The third kappa shape index (κ3) is 3.52. The average molecular weight is 250 g/mol. The summed E-state index contributed by atoms with van der Waals surface area (Å²) in [5, 5.41) is 39.6. The predicted molar refractivity (Wildman–Crippen MR) is 66.5 cm³/mol. The number of aliphatic hydroxyl groups is 3. The van der Waals surface area contributed by atoms with Crippen molar-refractivity contribution >= 4 is 0 Å². The molecule has 18 heavy (non-hydrogen) atoms. The standard InChI is InChI=1S/C13H18N2O3/c14-7-6-12(11-4-2-1-3-5-11)15-13(8-16,9-17)10-18/h1-5,12,15-18H,6,8-10H2. The van der Waals surface area contributed by atoms with E-state index in [4.69, 9.17) is 5.26 Å². The minimum Gasteiger partial charge on any atom is -0.394 e. The van der Waals surface area contributed by atoms with Gasteiger partial charge in [0, 0.05) is 6.04 Å². The SMILES string of the molecule is N#CCC(NC(CO)(CO)CO)c1ccccc1. The number of hydrogen-bond donors (Lipinski definition) is 4. The normalized spacial score (nSPS) is 13.0. The minimum absolute atomic E-state index is 0.186. The van der Waals surface area contributed by atoms with E-state index < -0.39 is 25.4 Å². The third-order valence-electron chi connectivity index (χ3n) is 2.89. The van der Waals surface area contributed by atoms with Gasteiger partial charge < -0.3 is 15.3 Å². The molecule has 1 rings (SSSR count). The van der Waals surface area contributed by atoms with Crippen molar-refractivity contribution in [2.24, 2.45) is 0 Å². The quantitative estimate of drug-likeness (QED) is 0.544. The number of benzene rings is 1. The van der Waals surface area contributed by atoms with Crippen LogP contribution in [0.4, 0.5) is 0 Å². The molecule has 1 atom stereocenters. The Labute approximate surface area is 106 Å². The molecule has 1 aromatic rings. The van der Waals surface area contributed by atoms with E-state index in [1.165, 1.54) is 0 Å². The van der Waals surface area contributed by atoms with Crippen LogP contribution in [0.3, 0.4) is 0 Å². The number of hydrogen-bond acceptors (Lipinski definition) is 5. The molecular formula is C13H18N2O3. The minimum atomic E-state index is -1.18. The Bertz CT molecular complexity index is 377. The second-order valence-electron chi connectivity index (χ2n) is 4.22. The molecule has 0 aromatic heterocycles. The molecule has 4 N–H and O–H groups in total. The highest BCUT2D eigenvalue weighted by atomic mass is 16.3. The summed E-state index contributed by atoms with van der Waals surface area (Å²) in [6, 6.07) is 11.0. The van der Waals surface area contributed by atoms with Crippen molar-refractivity contribution in [3.63, 3.8) is 0 Å². The first kappa shape index (κ1) is 14.6. The van der Waals surface area contributed by atoms with Crippen LogP contribution in [0.25, 0.3) is 0 Å². The highest BCUT2D eigenvalue weighted by Gasteiger charge is 2.31. The molecule has 0 saturated heterocycles. The fourth-order valence-electron chi connectivity index (χ4n) is 1.69. The molecule has 0 amide bonds. The lowest BCUT2D eigenvalue weighted by Gasteiger charge is -2.33. The molecule has 0 aliphatic heterocycles. The van der Waals surface area contributed by atoms with Gasteiger partial charge >= 0.3 is 0 Å². The van der Waals surface area contributed by atoms with Crippen molar-refractivity contribution in [2.75, 3.05) is 19.8 Å². The van der Waals surface area contributed by atoms with E-state index in [1.807, 2.05) is 30.3 Å². The number of nitrogens with one attached hydrogen (secondary N) is 1. The van der Waals surface area contributed by atoms with E-state index in [0.717, 1.165) is 5.56 Å². The Morgan fingerprint density at radius 1 is 1.11 bits per heavy atom. The summed E-state index contributed by atoms with van der Waals surface area (Å²) in [5.74, 6) is 0. The molecule has 0 radical (unpaired) electrons. The summed E-state index contributed by atoms with van der Waals surface area (Å²) in [4.78, 5) is 0. The zero-order valence-corrected chi connectivity index (χ0v) is 10.1. The smallest absolute Gasteiger partial charge is 0.0886 e. The highest BCUT2D eigenvalue weighted by Crippen LogP contribution is 2.19. The molecule has 0 saturated carbocycles. The van der Waals surface area contributed by atoms with E-state index in [2.05, 4.69) is 11.4 Å². The molecule has 0 aliphatic carbocycles.